The second-order valence-corrected chi connectivity index (χ2v) is 5.06. The van der Waals surface area contributed by atoms with E-state index in [9.17, 15) is 10.2 Å². The first-order valence-corrected chi connectivity index (χ1v) is 6.38. The maximum Gasteiger partial charge on any atom is 0.115 e. The summed E-state index contributed by atoms with van der Waals surface area (Å²) in [5, 5.41) is 22.2. The Balaban J connectivity index is 1.95. The lowest BCUT2D eigenvalue weighted by Gasteiger charge is -2.08. The predicted molar refractivity (Wildman–Crippen MR) is 68.4 cm³/mol. The number of hydrogen-bond acceptors (Lipinski definition) is 4. The molecule has 0 radical (unpaired) electrons. The molecule has 0 bridgehead atoms. The molecule has 1 aromatic heterocycles. The SMILES string of the molecule is Cc1csc(CC(O)Cc2cccc(O)c2)n1. The van der Waals surface area contributed by atoms with Crippen LogP contribution < -0.4 is 0 Å². The molecule has 0 amide bonds. The van der Waals surface area contributed by atoms with Gasteiger partial charge in [-0.2, -0.15) is 0 Å². The van der Waals surface area contributed by atoms with Gasteiger partial charge in [0.25, 0.3) is 0 Å². The van der Waals surface area contributed by atoms with E-state index in [-0.39, 0.29) is 5.75 Å². The molecule has 2 rings (SSSR count). The topological polar surface area (TPSA) is 53.4 Å². The number of rotatable bonds is 4. The van der Waals surface area contributed by atoms with Gasteiger partial charge < -0.3 is 10.2 Å². The molecule has 0 spiro atoms. The summed E-state index contributed by atoms with van der Waals surface area (Å²) in [4.78, 5) is 4.32. The maximum absolute atomic E-state index is 9.94. The Kier molecular flexibility index (Phi) is 3.76. The minimum absolute atomic E-state index is 0.236. The van der Waals surface area contributed by atoms with E-state index in [0.717, 1.165) is 16.3 Å². The number of nitrogens with zero attached hydrogens (tertiary/aromatic N) is 1. The average molecular weight is 249 g/mol. The molecule has 4 heteroatoms. The molecule has 0 saturated heterocycles. The average Bonchev–Trinajstić information content (AvgIpc) is 2.63. The third-order valence-corrected chi connectivity index (χ3v) is 3.45. The standard InChI is InChI=1S/C13H15NO2S/c1-9-8-17-13(14-9)7-12(16)6-10-3-2-4-11(15)5-10/h2-5,8,12,15-16H,6-7H2,1H3. The van der Waals surface area contributed by atoms with Crippen LogP contribution in [0, 0.1) is 6.92 Å². The lowest BCUT2D eigenvalue weighted by Crippen LogP contribution is -2.13. The highest BCUT2D eigenvalue weighted by Crippen LogP contribution is 2.16. The van der Waals surface area contributed by atoms with Crippen LogP contribution in [0.2, 0.25) is 0 Å². The smallest absolute Gasteiger partial charge is 0.115 e. The van der Waals surface area contributed by atoms with E-state index in [1.54, 1.807) is 29.5 Å². The van der Waals surface area contributed by atoms with Crippen molar-refractivity contribution in [1.29, 1.82) is 0 Å². The van der Waals surface area contributed by atoms with Crippen LogP contribution in [0.5, 0.6) is 5.75 Å². The van der Waals surface area contributed by atoms with Crippen molar-refractivity contribution in [2.75, 3.05) is 0 Å². The molecule has 2 aromatic rings. The Morgan fingerprint density at radius 3 is 2.82 bits per heavy atom. The summed E-state index contributed by atoms with van der Waals surface area (Å²) in [6.07, 6.45) is 0.642. The predicted octanol–water partition coefficient (Wildman–Crippen LogP) is 2.30. The molecule has 1 atom stereocenters. The van der Waals surface area contributed by atoms with Gasteiger partial charge in [0, 0.05) is 17.5 Å². The summed E-state index contributed by atoms with van der Waals surface area (Å²) in [6, 6.07) is 6.98. The van der Waals surface area contributed by atoms with Crippen molar-refractivity contribution in [2.45, 2.75) is 25.9 Å². The van der Waals surface area contributed by atoms with Crippen molar-refractivity contribution in [3.8, 4) is 5.75 Å². The molecule has 3 nitrogen and oxygen atoms in total. The van der Waals surface area contributed by atoms with E-state index >= 15 is 0 Å². The fourth-order valence-corrected chi connectivity index (χ4v) is 2.57. The minimum Gasteiger partial charge on any atom is -0.508 e. The Bertz CT molecular complexity index is 496. The van der Waals surface area contributed by atoms with Gasteiger partial charge in [0.2, 0.25) is 0 Å². The van der Waals surface area contributed by atoms with Crippen molar-refractivity contribution >= 4 is 11.3 Å². The molecule has 0 aliphatic heterocycles. The summed E-state index contributed by atoms with van der Waals surface area (Å²) in [5.41, 5.74) is 1.93. The van der Waals surface area contributed by atoms with Gasteiger partial charge in [-0.1, -0.05) is 12.1 Å². The molecule has 1 aromatic carbocycles. The third kappa shape index (κ3) is 3.54. The Morgan fingerprint density at radius 2 is 2.18 bits per heavy atom. The highest BCUT2D eigenvalue weighted by atomic mass is 32.1. The molecule has 0 fully saturated rings. The van der Waals surface area contributed by atoms with E-state index in [2.05, 4.69) is 4.98 Å². The second kappa shape index (κ2) is 5.29. The van der Waals surface area contributed by atoms with E-state index in [1.165, 1.54) is 0 Å². The minimum atomic E-state index is -0.456. The summed E-state index contributed by atoms with van der Waals surface area (Å²) < 4.78 is 0. The summed E-state index contributed by atoms with van der Waals surface area (Å²) in [5.74, 6) is 0.236. The summed E-state index contributed by atoms with van der Waals surface area (Å²) in [6.45, 7) is 1.95. The van der Waals surface area contributed by atoms with Gasteiger partial charge >= 0.3 is 0 Å². The van der Waals surface area contributed by atoms with Gasteiger partial charge in [-0.25, -0.2) is 4.98 Å². The first-order valence-electron chi connectivity index (χ1n) is 5.50. The molecule has 17 heavy (non-hydrogen) atoms. The number of hydrogen-bond donors (Lipinski definition) is 2. The van der Waals surface area contributed by atoms with Crippen LogP contribution in [0.15, 0.2) is 29.6 Å². The maximum atomic E-state index is 9.94. The van der Waals surface area contributed by atoms with E-state index < -0.39 is 6.10 Å². The fraction of sp³-hybridized carbons (Fsp3) is 0.308. The molecular weight excluding hydrogens is 234 g/mol. The molecular formula is C13H15NO2S. The number of aliphatic hydroxyl groups excluding tert-OH is 1. The number of phenols is 1. The zero-order valence-corrected chi connectivity index (χ0v) is 10.4. The number of phenolic OH excluding ortho intramolecular Hbond substituents is 1. The van der Waals surface area contributed by atoms with Gasteiger partial charge in [-0.3, -0.25) is 0 Å². The summed E-state index contributed by atoms with van der Waals surface area (Å²) in [7, 11) is 0. The van der Waals surface area contributed by atoms with E-state index in [1.807, 2.05) is 18.4 Å². The number of aryl methyl sites for hydroxylation is 1. The number of thiazole rings is 1. The van der Waals surface area contributed by atoms with Crippen molar-refractivity contribution < 1.29 is 10.2 Å². The molecule has 0 aliphatic carbocycles. The van der Waals surface area contributed by atoms with Gasteiger partial charge in [0.15, 0.2) is 0 Å². The van der Waals surface area contributed by atoms with Crippen LogP contribution in [-0.4, -0.2) is 21.3 Å². The highest BCUT2D eigenvalue weighted by Gasteiger charge is 2.09. The monoisotopic (exact) mass is 249 g/mol. The Hall–Kier alpha value is -1.39. The van der Waals surface area contributed by atoms with E-state index in [4.69, 9.17) is 0 Å². The van der Waals surface area contributed by atoms with Gasteiger partial charge in [0.1, 0.15) is 5.75 Å². The van der Waals surface area contributed by atoms with Crippen LogP contribution >= 0.6 is 11.3 Å². The van der Waals surface area contributed by atoms with Crippen molar-refractivity contribution in [1.82, 2.24) is 4.98 Å². The lowest BCUT2D eigenvalue weighted by atomic mass is 10.1. The van der Waals surface area contributed by atoms with Crippen molar-refractivity contribution in [3.05, 3.63) is 45.9 Å². The zero-order chi connectivity index (χ0) is 12.3. The zero-order valence-electron chi connectivity index (χ0n) is 9.63. The first kappa shape index (κ1) is 12.1. The second-order valence-electron chi connectivity index (χ2n) is 4.11. The molecule has 0 saturated carbocycles. The van der Waals surface area contributed by atoms with Crippen LogP contribution in [-0.2, 0) is 12.8 Å². The molecule has 90 valence electrons. The van der Waals surface area contributed by atoms with Gasteiger partial charge in [-0.05, 0) is 31.0 Å². The number of aromatic nitrogens is 1. The molecule has 0 aliphatic rings. The van der Waals surface area contributed by atoms with Crippen LogP contribution in [0.3, 0.4) is 0 Å². The van der Waals surface area contributed by atoms with Gasteiger partial charge in [0.05, 0.1) is 11.1 Å². The Morgan fingerprint density at radius 1 is 1.35 bits per heavy atom. The molecule has 1 unspecified atom stereocenters. The molecule has 2 N–H and O–H groups in total. The quantitative estimate of drug-likeness (QED) is 0.874. The largest absolute Gasteiger partial charge is 0.508 e. The normalized spacial score (nSPS) is 12.6. The number of aliphatic hydroxyl groups is 1. The van der Waals surface area contributed by atoms with E-state index in [0.29, 0.717) is 12.8 Å². The lowest BCUT2D eigenvalue weighted by molar-refractivity contribution is 0.175. The van der Waals surface area contributed by atoms with Crippen LogP contribution in [0.25, 0.3) is 0 Å². The fourth-order valence-electron chi connectivity index (χ4n) is 1.73. The van der Waals surface area contributed by atoms with Crippen LogP contribution in [0.4, 0.5) is 0 Å². The summed E-state index contributed by atoms with van der Waals surface area (Å²) >= 11 is 1.57. The number of benzene rings is 1. The third-order valence-electron chi connectivity index (χ3n) is 2.46. The van der Waals surface area contributed by atoms with Crippen LogP contribution in [0.1, 0.15) is 16.3 Å². The Labute approximate surface area is 104 Å². The highest BCUT2D eigenvalue weighted by molar-refractivity contribution is 7.09. The van der Waals surface area contributed by atoms with Crippen molar-refractivity contribution in [2.24, 2.45) is 0 Å². The first-order chi connectivity index (χ1) is 8.13. The van der Waals surface area contributed by atoms with Crippen molar-refractivity contribution in [3.63, 3.8) is 0 Å². The molecule has 1 heterocycles. The number of aromatic hydroxyl groups is 1. The van der Waals surface area contributed by atoms with Gasteiger partial charge in [-0.15, -0.1) is 11.3 Å².